The van der Waals surface area contributed by atoms with E-state index in [2.05, 4.69) is 13.8 Å². The van der Waals surface area contributed by atoms with Crippen LogP contribution in [0.1, 0.15) is 27.2 Å². The Hall–Kier alpha value is -1.51. The van der Waals surface area contributed by atoms with E-state index in [9.17, 15) is 4.79 Å². The summed E-state index contributed by atoms with van der Waals surface area (Å²) >= 11 is 0. The Morgan fingerprint density at radius 2 is 1.88 bits per heavy atom. The molecule has 0 saturated carbocycles. The lowest BCUT2D eigenvalue weighted by Crippen LogP contribution is -2.31. The molecule has 0 fully saturated rings. The number of nitrogens with two attached hydrogens (primary N) is 1. The molecule has 1 aromatic carbocycles. The first-order valence-corrected chi connectivity index (χ1v) is 5.70. The third-order valence-corrected chi connectivity index (χ3v) is 2.40. The molecular weight excluding hydrogens is 200 g/mol. The lowest BCUT2D eigenvalue weighted by Gasteiger charge is -2.22. The summed E-state index contributed by atoms with van der Waals surface area (Å²) < 4.78 is 0. The fourth-order valence-corrected chi connectivity index (χ4v) is 1.62. The van der Waals surface area contributed by atoms with Gasteiger partial charge in [-0.2, -0.15) is 0 Å². The molecule has 0 saturated heterocycles. The number of rotatable bonds is 4. The zero-order valence-electron chi connectivity index (χ0n) is 10.2. The molecule has 0 aliphatic heterocycles. The number of carbonyl (C=O) groups excluding carboxylic acids is 1. The second-order valence-corrected chi connectivity index (χ2v) is 4.33. The summed E-state index contributed by atoms with van der Waals surface area (Å²) in [5.41, 5.74) is 7.26. The molecule has 0 aliphatic carbocycles. The van der Waals surface area contributed by atoms with Crippen LogP contribution >= 0.6 is 0 Å². The van der Waals surface area contributed by atoms with E-state index in [1.807, 2.05) is 31.2 Å². The Bertz CT molecular complexity index is 343. The molecule has 0 unspecified atom stereocenters. The van der Waals surface area contributed by atoms with E-state index < -0.39 is 0 Å². The fourth-order valence-electron chi connectivity index (χ4n) is 1.62. The van der Waals surface area contributed by atoms with Crippen molar-refractivity contribution in [2.24, 2.45) is 5.92 Å². The topological polar surface area (TPSA) is 46.3 Å². The summed E-state index contributed by atoms with van der Waals surface area (Å²) in [6.07, 6.45) is 0.582. The summed E-state index contributed by atoms with van der Waals surface area (Å²) in [7, 11) is 0. The Balaban J connectivity index is 2.81. The van der Waals surface area contributed by atoms with Crippen molar-refractivity contribution in [3.63, 3.8) is 0 Å². The van der Waals surface area contributed by atoms with E-state index in [-0.39, 0.29) is 5.91 Å². The molecular formula is C13H20N2O. The quantitative estimate of drug-likeness (QED) is 0.793. The van der Waals surface area contributed by atoms with E-state index in [1.165, 1.54) is 0 Å². The van der Waals surface area contributed by atoms with Crippen LogP contribution in [0.2, 0.25) is 0 Å². The highest BCUT2D eigenvalue weighted by atomic mass is 16.2. The summed E-state index contributed by atoms with van der Waals surface area (Å²) in [5, 5.41) is 0. The van der Waals surface area contributed by atoms with Crippen LogP contribution in [0, 0.1) is 5.92 Å². The van der Waals surface area contributed by atoms with Gasteiger partial charge in [0.25, 0.3) is 0 Å². The second kappa shape index (κ2) is 5.54. The van der Waals surface area contributed by atoms with Crippen LogP contribution in [-0.4, -0.2) is 12.5 Å². The highest BCUT2D eigenvalue weighted by molar-refractivity contribution is 5.93. The molecule has 16 heavy (non-hydrogen) atoms. The second-order valence-electron chi connectivity index (χ2n) is 4.33. The maximum Gasteiger partial charge on any atom is 0.227 e. The molecule has 2 N–H and O–H groups in total. The summed E-state index contributed by atoms with van der Waals surface area (Å²) in [5.74, 6) is 0.553. The summed E-state index contributed by atoms with van der Waals surface area (Å²) in [4.78, 5) is 13.8. The first-order valence-electron chi connectivity index (χ1n) is 5.70. The van der Waals surface area contributed by atoms with Crippen molar-refractivity contribution in [1.82, 2.24) is 0 Å². The molecule has 3 heteroatoms. The smallest absolute Gasteiger partial charge is 0.227 e. The number of nitrogen functional groups attached to an aromatic ring is 1. The molecule has 1 aromatic rings. The molecule has 88 valence electrons. The lowest BCUT2D eigenvalue weighted by atomic mass is 10.1. The Labute approximate surface area is 97.2 Å². The molecule has 0 heterocycles. The van der Waals surface area contributed by atoms with Gasteiger partial charge in [0.15, 0.2) is 0 Å². The van der Waals surface area contributed by atoms with Crippen LogP contribution in [-0.2, 0) is 4.79 Å². The predicted molar refractivity (Wildman–Crippen MR) is 68.3 cm³/mol. The van der Waals surface area contributed by atoms with Gasteiger partial charge in [0.2, 0.25) is 5.91 Å². The maximum atomic E-state index is 12.0. The normalized spacial score (nSPS) is 10.5. The van der Waals surface area contributed by atoms with Gasteiger partial charge >= 0.3 is 0 Å². The number of hydrogen-bond acceptors (Lipinski definition) is 2. The van der Waals surface area contributed by atoms with Crippen molar-refractivity contribution >= 4 is 17.3 Å². The van der Waals surface area contributed by atoms with Crippen molar-refractivity contribution in [1.29, 1.82) is 0 Å². The van der Waals surface area contributed by atoms with Crippen molar-refractivity contribution in [2.75, 3.05) is 17.2 Å². The third-order valence-electron chi connectivity index (χ3n) is 2.40. The van der Waals surface area contributed by atoms with Crippen molar-refractivity contribution in [3.8, 4) is 0 Å². The molecule has 0 aliphatic rings. The third kappa shape index (κ3) is 3.26. The molecule has 0 bridgehead atoms. The van der Waals surface area contributed by atoms with Crippen molar-refractivity contribution in [2.45, 2.75) is 27.2 Å². The first kappa shape index (κ1) is 12.6. The monoisotopic (exact) mass is 220 g/mol. The minimum Gasteiger partial charge on any atom is -0.399 e. The van der Waals surface area contributed by atoms with Gasteiger partial charge in [-0.3, -0.25) is 4.79 Å². The minimum atomic E-state index is 0.169. The Morgan fingerprint density at radius 3 is 2.31 bits per heavy atom. The number of amides is 1. The van der Waals surface area contributed by atoms with Crippen molar-refractivity contribution in [3.05, 3.63) is 24.3 Å². The predicted octanol–water partition coefficient (Wildman–Crippen LogP) is 2.67. The van der Waals surface area contributed by atoms with Gasteiger partial charge in [-0.05, 0) is 37.1 Å². The van der Waals surface area contributed by atoms with E-state index in [0.717, 1.165) is 11.4 Å². The standard InChI is InChI=1S/C13H20N2O/c1-4-15(13(16)9-10(2)3)12-7-5-11(14)6-8-12/h5-8,10H,4,9,14H2,1-3H3. The number of nitrogens with zero attached hydrogens (tertiary/aromatic N) is 1. The number of hydrogen-bond donors (Lipinski definition) is 1. The highest BCUT2D eigenvalue weighted by Crippen LogP contribution is 2.18. The highest BCUT2D eigenvalue weighted by Gasteiger charge is 2.14. The molecule has 0 atom stereocenters. The van der Waals surface area contributed by atoms with Crippen LogP contribution < -0.4 is 10.6 Å². The zero-order valence-corrected chi connectivity index (χ0v) is 10.2. The number of benzene rings is 1. The van der Waals surface area contributed by atoms with Gasteiger partial charge in [0, 0.05) is 24.3 Å². The summed E-state index contributed by atoms with van der Waals surface area (Å²) in [6.45, 7) is 6.77. The molecule has 0 spiro atoms. The van der Waals surface area contributed by atoms with Crippen LogP contribution in [0.5, 0.6) is 0 Å². The zero-order chi connectivity index (χ0) is 12.1. The lowest BCUT2D eigenvalue weighted by molar-refractivity contribution is -0.119. The SMILES string of the molecule is CCN(C(=O)CC(C)C)c1ccc(N)cc1. The van der Waals surface area contributed by atoms with Gasteiger partial charge in [-0.15, -0.1) is 0 Å². The van der Waals surface area contributed by atoms with Gasteiger partial charge < -0.3 is 10.6 Å². The molecule has 1 rings (SSSR count). The van der Waals surface area contributed by atoms with Crippen molar-refractivity contribution < 1.29 is 4.79 Å². The molecule has 0 aromatic heterocycles. The largest absolute Gasteiger partial charge is 0.399 e. The average molecular weight is 220 g/mol. The van der Waals surface area contributed by atoms with Gasteiger partial charge in [-0.1, -0.05) is 13.8 Å². The first-order chi connectivity index (χ1) is 7.54. The van der Waals surface area contributed by atoms with Gasteiger partial charge in [0.1, 0.15) is 0 Å². The Kier molecular flexibility index (Phi) is 4.35. The molecule has 1 amide bonds. The van der Waals surface area contributed by atoms with Crippen LogP contribution in [0.4, 0.5) is 11.4 Å². The fraction of sp³-hybridized carbons (Fsp3) is 0.462. The minimum absolute atomic E-state index is 0.169. The number of anilines is 2. The number of carbonyl (C=O) groups is 1. The Morgan fingerprint density at radius 1 is 1.31 bits per heavy atom. The van der Waals surface area contributed by atoms with Gasteiger partial charge in [0.05, 0.1) is 0 Å². The van der Waals surface area contributed by atoms with E-state index >= 15 is 0 Å². The molecule has 3 nitrogen and oxygen atoms in total. The summed E-state index contributed by atoms with van der Waals surface area (Å²) in [6, 6.07) is 7.41. The molecule has 0 radical (unpaired) electrons. The van der Waals surface area contributed by atoms with E-state index in [1.54, 1.807) is 4.90 Å². The van der Waals surface area contributed by atoms with E-state index in [0.29, 0.717) is 18.9 Å². The van der Waals surface area contributed by atoms with Gasteiger partial charge in [-0.25, -0.2) is 0 Å². The average Bonchev–Trinajstić information content (AvgIpc) is 2.21. The van der Waals surface area contributed by atoms with Crippen LogP contribution in [0.25, 0.3) is 0 Å². The van der Waals surface area contributed by atoms with Crippen LogP contribution in [0.15, 0.2) is 24.3 Å². The maximum absolute atomic E-state index is 12.0. The van der Waals surface area contributed by atoms with Crippen LogP contribution in [0.3, 0.4) is 0 Å². The van der Waals surface area contributed by atoms with E-state index in [4.69, 9.17) is 5.73 Å².